The van der Waals surface area contributed by atoms with Crippen LogP contribution in [0.4, 0.5) is 0 Å². The summed E-state index contributed by atoms with van der Waals surface area (Å²) in [6, 6.07) is 26.5. The summed E-state index contributed by atoms with van der Waals surface area (Å²) in [7, 11) is 0. The van der Waals surface area contributed by atoms with E-state index in [0.29, 0.717) is 13.2 Å². The third-order valence-corrected chi connectivity index (χ3v) is 4.95. The summed E-state index contributed by atoms with van der Waals surface area (Å²) in [6.45, 7) is 0.894. The zero-order valence-corrected chi connectivity index (χ0v) is 17.2. The Morgan fingerprint density at radius 2 is 1.59 bits per heavy atom. The number of oxime groups is 1. The van der Waals surface area contributed by atoms with Gasteiger partial charge in [-0.25, -0.2) is 9.67 Å². The lowest BCUT2D eigenvalue weighted by Crippen LogP contribution is -2.13. The molecule has 4 rings (SSSR count). The standard InChI is InChI=1S/C23H19BrN4O/c24-22-12-10-20(11-13-22)19-6-8-21(9-7-19)23(14-28-17-25-16-26-28)27-29-15-18-4-2-1-3-5-18/h1-13,16-17H,14-15H2/b27-23-. The van der Waals surface area contributed by atoms with Crippen LogP contribution >= 0.6 is 15.9 Å². The second-order valence-corrected chi connectivity index (χ2v) is 7.39. The third-order valence-electron chi connectivity index (χ3n) is 4.42. The molecule has 0 atom stereocenters. The predicted molar refractivity (Wildman–Crippen MR) is 117 cm³/mol. The van der Waals surface area contributed by atoms with Crippen molar-refractivity contribution in [2.75, 3.05) is 0 Å². The quantitative estimate of drug-likeness (QED) is 0.284. The summed E-state index contributed by atoms with van der Waals surface area (Å²) >= 11 is 3.47. The van der Waals surface area contributed by atoms with E-state index in [9.17, 15) is 0 Å². The van der Waals surface area contributed by atoms with Gasteiger partial charge in [0.15, 0.2) is 0 Å². The predicted octanol–water partition coefficient (Wildman–Crippen LogP) is 5.33. The topological polar surface area (TPSA) is 52.3 Å². The molecule has 0 fully saturated rings. The highest BCUT2D eigenvalue weighted by atomic mass is 79.9. The zero-order chi connectivity index (χ0) is 19.9. The maximum Gasteiger partial charge on any atom is 0.142 e. The van der Waals surface area contributed by atoms with Crippen molar-refractivity contribution in [3.8, 4) is 11.1 Å². The molecule has 0 unspecified atom stereocenters. The fourth-order valence-electron chi connectivity index (χ4n) is 2.90. The second-order valence-electron chi connectivity index (χ2n) is 6.47. The number of hydrogen-bond acceptors (Lipinski definition) is 4. The summed E-state index contributed by atoms with van der Waals surface area (Å²) in [5, 5.41) is 8.59. The van der Waals surface area contributed by atoms with Crippen LogP contribution in [0.25, 0.3) is 11.1 Å². The van der Waals surface area contributed by atoms with Crippen LogP contribution < -0.4 is 0 Å². The fourth-order valence-corrected chi connectivity index (χ4v) is 3.16. The zero-order valence-electron chi connectivity index (χ0n) is 15.6. The van der Waals surface area contributed by atoms with E-state index in [1.165, 1.54) is 6.33 Å². The number of hydrogen-bond donors (Lipinski definition) is 0. The highest BCUT2D eigenvalue weighted by Gasteiger charge is 2.08. The lowest BCUT2D eigenvalue weighted by Gasteiger charge is -2.09. The minimum Gasteiger partial charge on any atom is -0.391 e. The molecule has 0 spiro atoms. The van der Waals surface area contributed by atoms with Crippen molar-refractivity contribution < 1.29 is 4.84 Å². The summed E-state index contributed by atoms with van der Waals surface area (Å²) in [5.41, 5.74) is 5.14. The molecule has 4 aromatic rings. The van der Waals surface area contributed by atoms with E-state index in [1.807, 2.05) is 42.5 Å². The van der Waals surface area contributed by atoms with Gasteiger partial charge in [0.2, 0.25) is 0 Å². The monoisotopic (exact) mass is 446 g/mol. The van der Waals surface area contributed by atoms with E-state index in [4.69, 9.17) is 4.84 Å². The van der Waals surface area contributed by atoms with Gasteiger partial charge in [-0.05, 0) is 28.8 Å². The Bertz CT molecular complexity index is 1060. The number of aromatic nitrogens is 3. The SMILES string of the molecule is Brc1ccc(-c2ccc(/C(Cn3cncn3)=N\OCc3ccccc3)cc2)cc1. The van der Waals surface area contributed by atoms with E-state index in [2.05, 4.69) is 67.6 Å². The van der Waals surface area contributed by atoms with Crippen molar-refractivity contribution >= 4 is 21.6 Å². The average Bonchev–Trinajstić information content (AvgIpc) is 3.28. The van der Waals surface area contributed by atoms with Crippen LogP contribution in [0.15, 0.2) is 101 Å². The Labute approximate surface area is 177 Å². The molecule has 0 saturated carbocycles. The minimum absolute atomic E-state index is 0.415. The van der Waals surface area contributed by atoms with E-state index in [1.54, 1.807) is 11.0 Å². The van der Waals surface area contributed by atoms with Crippen molar-refractivity contribution in [1.29, 1.82) is 0 Å². The Hall–Kier alpha value is -3.25. The first-order chi connectivity index (χ1) is 14.3. The van der Waals surface area contributed by atoms with Crippen LogP contribution in [0.2, 0.25) is 0 Å². The van der Waals surface area contributed by atoms with Gasteiger partial charge in [0.1, 0.15) is 25.0 Å². The molecule has 6 heteroatoms. The summed E-state index contributed by atoms with van der Waals surface area (Å²) < 4.78 is 2.79. The fraction of sp³-hybridized carbons (Fsp3) is 0.0870. The van der Waals surface area contributed by atoms with Crippen molar-refractivity contribution in [2.24, 2.45) is 5.16 Å². The molecular formula is C23H19BrN4O. The van der Waals surface area contributed by atoms with E-state index in [0.717, 1.165) is 32.4 Å². The van der Waals surface area contributed by atoms with Gasteiger partial charge in [-0.15, -0.1) is 0 Å². The summed E-state index contributed by atoms with van der Waals surface area (Å²) in [5.74, 6) is 0. The molecule has 0 aliphatic rings. The number of halogens is 1. The molecule has 0 aliphatic carbocycles. The molecule has 0 amide bonds. The first-order valence-electron chi connectivity index (χ1n) is 9.19. The maximum absolute atomic E-state index is 5.63. The summed E-state index contributed by atoms with van der Waals surface area (Å²) in [4.78, 5) is 9.64. The van der Waals surface area contributed by atoms with E-state index in [-0.39, 0.29) is 0 Å². The summed E-state index contributed by atoms with van der Waals surface area (Å²) in [6.07, 6.45) is 3.18. The van der Waals surface area contributed by atoms with Gasteiger partial charge in [-0.1, -0.05) is 87.8 Å². The Balaban J connectivity index is 1.54. The first kappa shape index (κ1) is 19.1. The third kappa shape index (κ3) is 5.18. The van der Waals surface area contributed by atoms with Crippen LogP contribution in [-0.2, 0) is 18.0 Å². The van der Waals surface area contributed by atoms with Gasteiger partial charge in [0, 0.05) is 10.0 Å². The Kier molecular flexibility index (Phi) is 6.12. The lowest BCUT2D eigenvalue weighted by molar-refractivity contribution is 0.130. The smallest absolute Gasteiger partial charge is 0.142 e. The molecule has 3 aromatic carbocycles. The molecule has 29 heavy (non-hydrogen) atoms. The van der Waals surface area contributed by atoms with Crippen LogP contribution in [0.1, 0.15) is 11.1 Å². The normalized spacial score (nSPS) is 11.4. The number of benzene rings is 3. The van der Waals surface area contributed by atoms with Gasteiger partial charge in [-0.2, -0.15) is 5.10 Å². The molecule has 0 bridgehead atoms. The molecule has 0 N–H and O–H groups in total. The van der Waals surface area contributed by atoms with Crippen LogP contribution in [-0.4, -0.2) is 20.5 Å². The molecule has 1 aromatic heterocycles. The van der Waals surface area contributed by atoms with Crippen molar-refractivity contribution in [1.82, 2.24) is 14.8 Å². The highest BCUT2D eigenvalue weighted by Crippen LogP contribution is 2.22. The van der Waals surface area contributed by atoms with Gasteiger partial charge in [-0.3, -0.25) is 0 Å². The van der Waals surface area contributed by atoms with Crippen LogP contribution in [0, 0.1) is 0 Å². The Morgan fingerprint density at radius 1 is 0.897 bits per heavy atom. The molecule has 0 saturated heterocycles. The van der Waals surface area contributed by atoms with Crippen molar-refractivity contribution in [3.05, 3.63) is 107 Å². The minimum atomic E-state index is 0.415. The van der Waals surface area contributed by atoms with E-state index >= 15 is 0 Å². The molecular weight excluding hydrogens is 428 g/mol. The lowest BCUT2D eigenvalue weighted by atomic mass is 10.0. The van der Waals surface area contributed by atoms with Crippen molar-refractivity contribution in [3.63, 3.8) is 0 Å². The van der Waals surface area contributed by atoms with Gasteiger partial charge >= 0.3 is 0 Å². The van der Waals surface area contributed by atoms with Crippen molar-refractivity contribution in [2.45, 2.75) is 13.2 Å². The molecule has 144 valence electrons. The molecule has 1 heterocycles. The van der Waals surface area contributed by atoms with Crippen LogP contribution in [0.3, 0.4) is 0 Å². The second kappa shape index (κ2) is 9.30. The molecule has 0 radical (unpaired) electrons. The maximum atomic E-state index is 5.63. The largest absolute Gasteiger partial charge is 0.391 e. The number of nitrogens with zero attached hydrogens (tertiary/aromatic N) is 4. The van der Waals surface area contributed by atoms with Gasteiger partial charge in [0.05, 0.1) is 6.54 Å². The first-order valence-corrected chi connectivity index (χ1v) is 9.99. The van der Waals surface area contributed by atoms with E-state index < -0.39 is 0 Å². The van der Waals surface area contributed by atoms with Gasteiger partial charge < -0.3 is 4.84 Å². The average molecular weight is 447 g/mol. The Morgan fingerprint density at radius 3 is 2.24 bits per heavy atom. The number of rotatable bonds is 7. The molecule has 5 nitrogen and oxygen atoms in total. The highest BCUT2D eigenvalue weighted by molar-refractivity contribution is 9.10. The van der Waals surface area contributed by atoms with Crippen LogP contribution in [0.5, 0.6) is 0 Å². The van der Waals surface area contributed by atoms with Gasteiger partial charge in [0.25, 0.3) is 0 Å². The molecule has 0 aliphatic heterocycles.